The number of fused-ring (bicyclic) bond motifs is 1. The first-order valence-electron chi connectivity index (χ1n) is 9.15. The van der Waals surface area contributed by atoms with E-state index in [-0.39, 0.29) is 0 Å². The standard InChI is InChI=1S/C20H31N3/c1-3-23(4-2)17-11-7-5-6-10-15-21-20-19-13-9-8-12-18(19)14-16-22-20/h8-9,12-14,16H,3-7,10-11,15,17H2,1-2H3,(H,21,22). The Bertz CT molecular complexity index is 558. The summed E-state index contributed by atoms with van der Waals surface area (Å²) in [7, 11) is 0. The van der Waals surface area contributed by atoms with E-state index in [1.54, 1.807) is 0 Å². The number of rotatable bonds is 11. The zero-order valence-electron chi connectivity index (χ0n) is 14.7. The predicted octanol–water partition coefficient (Wildman–Crippen LogP) is 4.94. The molecule has 3 heteroatoms. The average Bonchev–Trinajstić information content (AvgIpc) is 2.60. The summed E-state index contributed by atoms with van der Waals surface area (Å²) in [4.78, 5) is 6.98. The van der Waals surface area contributed by atoms with Gasteiger partial charge >= 0.3 is 0 Å². The van der Waals surface area contributed by atoms with E-state index in [0.29, 0.717) is 0 Å². The molecule has 2 rings (SSSR count). The number of hydrogen-bond acceptors (Lipinski definition) is 3. The predicted molar refractivity (Wildman–Crippen MR) is 101 cm³/mol. The molecular weight excluding hydrogens is 282 g/mol. The van der Waals surface area contributed by atoms with Gasteiger partial charge in [0.25, 0.3) is 0 Å². The van der Waals surface area contributed by atoms with Gasteiger partial charge in [-0.05, 0) is 43.9 Å². The SMILES string of the molecule is CCN(CC)CCCCCCCNc1nccc2ccccc12. The van der Waals surface area contributed by atoms with Crippen molar-refractivity contribution in [1.82, 2.24) is 9.88 Å². The van der Waals surface area contributed by atoms with Crippen LogP contribution in [-0.2, 0) is 0 Å². The molecule has 1 N–H and O–H groups in total. The zero-order valence-corrected chi connectivity index (χ0v) is 14.7. The molecule has 0 spiro atoms. The second-order valence-corrected chi connectivity index (χ2v) is 6.10. The van der Waals surface area contributed by atoms with Crippen molar-refractivity contribution < 1.29 is 0 Å². The lowest BCUT2D eigenvalue weighted by Gasteiger charge is -2.17. The topological polar surface area (TPSA) is 28.2 Å². The fourth-order valence-corrected chi connectivity index (χ4v) is 3.00. The molecule has 0 unspecified atom stereocenters. The number of unbranched alkanes of at least 4 members (excludes halogenated alkanes) is 4. The van der Waals surface area contributed by atoms with E-state index in [9.17, 15) is 0 Å². The van der Waals surface area contributed by atoms with Gasteiger partial charge in [0.15, 0.2) is 0 Å². The maximum absolute atomic E-state index is 4.48. The van der Waals surface area contributed by atoms with Crippen LogP contribution in [-0.4, -0.2) is 36.1 Å². The van der Waals surface area contributed by atoms with E-state index < -0.39 is 0 Å². The molecule has 0 amide bonds. The van der Waals surface area contributed by atoms with Crippen molar-refractivity contribution >= 4 is 16.6 Å². The molecule has 126 valence electrons. The minimum Gasteiger partial charge on any atom is -0.370 e. The van der Waals surface area contributed by atoms with Gasteiger partial charge in [0.05, 0.1) is 0 Å². The number of nitrogens with zero attached hydrogens (tertiary/aromatic N) is 2. The first-order chi connectivity index (χ1) is 11.3. The van der Waals surface area contributed by atoms with Crippen LogP contribution >= 0.6 is 0 Å². The quantitative estimate of drug-likeness (QED) is 0.596. The molecule has 0 aliphatic heterocycles. The van der Waals surface area contributed by atoms with E-state index in [0.717, 1.165) is 12.4 Å². The molecule has 0 bridgehead atoms. The van der Waals surface area contributed by atoms with Crippen LogP contribution < -0.4 is 5.32 Å². The lowest BCUT2D eigenvalue weighted by atomic mass is 10.1. The van der Waals surface area contributed by atoms with Crippen molar-refractivity contribution in [2.45, 2.75) is 46.0 Å². The molecule has 0 saturated carbocycles. The van der Waals surface area contributed by atoms with Crippen LogP contribution in [0.1, 0.15) is 46.0 Å². The highest BCUT2D eigenvalue weighted by Crippen LogP contribution is 2.20. The van der Waals surface area contributed by atoms with Gasteiger partial charge in [0.1, 0.15) is 5.82 Å². The van der Waals surface area contributed by atoms with Gasteiger partial charge in [-0.3, -0.25) is 0 Å². The summed E-state index contributed by atoms with van der Waals surface area (Å²) in [6, 6.07) is 10.5. The van der Waals surface area contributed by atoms with E-state index in [4.69, 9.17) is 0 Å². The summed E-state index contributed by atoms with van der Waals surface area (Å²) < 4.78 is 0. The molecule has 1 aromatic heterocycles. The second-order valence-electron chi connectivity index (χ2n) is 6.10. The third kappa shape index (κ3) is 5.83. The zero-order chi connectivity index (χ0) is 16.3. The Kier molecular flexibility index (Phi) is 7.88. The number of aromatic nitrogens is 1. The Balaban J connectivity index is 1.60. The molecule has 0 saturated heterocycles. The van der Waals surface area contributed by atoms with E-state index in [1.807, 2.05) is 6.20 Å². The van der Waals surface area contributed by atoms with E-state index in [1.165, 1.54) is 62.5 Å². The number of nitrogens with one attached hydrogen (secondary N) is 1. The fraction of sp³-hybridized carbons (Fsp3) is 0.550. The summed E-state index contributed by atoms with van der Waals surface area (Å²) >= 11 is 0. The summed E-state index contributed by atoms with van der Waals surface area (Å²) in [6.07, 6.45) is 8.43. The third-order valence-electron chi connectivity index (χ3n) is 4.51. The van der Waals surface area contributed by atoms with Crippen LogP contribution in [0.15, 0.2) is 36.5 Å². The van der Waals surface area contributed by atoms with Crippen LogP contribution in [0.4, 0.5) is 5.82 Å². The minimum absolute atomic E-state index is 1.01. The summed E-state index contributed by atoms with van der Waals surface area (Å²) in [5, 5.41) is 5.96. The summed E-state index contributed by atoms with van der Waals surface area (Å²) in [5.41, 5.74) is 0. The Morgan fingerprint density at radius 1 is 0.913 bits per heavy atom. The molecule has 2 aromatic rings. The monoisotopic (exact) mass is 313 g/mol. The first-order valence-corrected chi connectivity index (χ1v) is 9.15. The van der Waals surface area contributed by atoms with Crippen LogP contribution in [0.25, 0.3) is 10.8 Å². The molecule has 0 aliphatic rings. The lowest BCUT2D eigenvalue weighted by molar-refractivity contribution is 0.295. The van der Waals surface area contributed by atoms with Gasteiger partial charge in [0, 0.05) is 18.1 Å². The van der Waals surface area contributed by atoms with Gasteiger partial charge in [0.2, 0.25) is 0 Å². The molecule has 0 aliphatic carbocycles. The van der Waals surface area contributed by atoms with Gasteiger partial charge in [-0.15, -0.1) is 0 Å². The smallest absolute Gasteiger partial charge is 0.133 e. The highest BCUT2D eigenvalue weighted by Gasteiger charge is 2.01. The Morgan fingerprint density at radius 2 is 1.65 bits per heavy atom. The van der Waals surface area contributed by atoms with Crippen molar-refractivity contribution in [3.63, 3.8) is 0 Å². The van der Waals surface area contributed by atoms with Gasteiger partial charge in [-0.1, -0.05) is 57.4 Å². The maximum atomic E-state index is 4.48. The van der Waals surface area contributed by atoms with Crippen molar-refractivity contribution in [3.8, 4) is 0 Å². The second kappa shape index (κ2) is 10.2. The van der Waals surface area contributed by atoms with E-state index >= 15 is 0 Å². The summed E-state index contributed by atoms with van der Waals surface area (Å²) in [6.45, 7) is 9.12. The van der Waals surface area contributed by atoms with Crippen LogP contribution in [0, 0.1) is 0 Å². The molecule has 3 nitrogen and oxygen atoms in total. The Hall–Kier alpha value is -1.61. The average molecular weight is 313 g/mol. The number of pyridine rings is 1. The van der Waals surface area contributed by atoms with Gasteiger partial charge < -0.3 is 10.2 Å². The number of benzene rings is 1. The Labute approximate surface area is 141 Å². The van der Waals surface area contributed by atoms with Gasteiger partial charge in [-0.25, -0.2) is 4.98 Å². The fourth-order valence-electron chi connectivity index (χ4n) is 3.00. The van der Waals surface area contributed by atoms with Crippen LogP contribution in [0.2, 0.25) is 0 Å². The lowest BCUT2D eigenvalue weighted by Crippen LogP contribution is -2.23. The van der Waals surface area contributed by atoms with Crippen molar-refractivity contribution in [3.05, 3.63) is 36.5 Å². The van der Waals surface area contributed by atoms with Crippen molar-refractivity contribution in [2.75, 3.05) is 31.5 Å². The highest BCUT2D eigenvalue weighted by atomic mass is 15.1. The van der Waals surface area contributed by atoms with E-state index in [2.05, 4.69) is 59.4 Å². The molecule has 23 heavy (non-hydrogen) atoms. The van der Waals surface area contributed by atoms with Gasteiger partial charge in [-0.2, -0.15) is 0 Å². The summed E-state index contributed by atoms with van der Waals surface area (Å²) in [5.74, 6) is 1.02. The largest absolute Gasteiger partial charge is 0.370 e. The van der Waals surface area contributed by atoms with Crippen LogP contribution in [0.5, 0.6) is 0 Å². The molecule has 0 radical (unpaired) electrons. The first kappa shape index (κ1) is 17.7. The minimum atomic E-state index is 1.01. The molecule has 1 heterocycles. The van der Waals surface area contributed by atoms with Crippen molar-refractivity contribution in [2.24, 2.45) is 0 Å². The molecule has 0 atom stereocenters. The third-order valence-corrected chi connectivity index (χ3v) is 4.51. The maximum Gasteiger partial charge on any atom is 0.133 e. The normalized spacial score (nSPS) is 11.3. The number of anilines is 1. The number of hydrogen-bond donors (Lipinski definition) is 1. The molecule has 1 aromatic carbocycles. The highest BCUT2D eigenvalue weighted by molar-refractivity contribution is 5.91. The van der Waals surface area contributed by atoms with Crippen molar-refractivity contribution in [1.29, 1.82) is 0 Å². The molecule has 0 fully saturated rings. The van der Waals surface area contributed by atoms with Crippen LogP contribution in [0.3, 0.4) is 0 Å². The molecular formula is C20H31N3. The Morgan fingerprint density at radius 3 is 2.48 bits per heavy atom.